The molecule has 7 saturated heterocycles. The van der Waals surface area contributed by atoms with Crippen LogP contribution in [0.5, 0.6) is 0 Å². The average molecular weight is 1020 g/mol. The third kappa shape index (κ3) is 44.7. The van der Waals surface area contributed by atoms with E-state index < -0.39 is 0 Å². The summed E-state index contributed by atoms with van der Waals surface area (Å²) in [5.74, 6) is 4.28. The molecule has 1 atom stereocenters. The van der Waals surface area contributed by atoms with Crippen molar-refractivity contribution in [3.63, 3.8) is 0 Å². The maximum Gasteiger partial charge on any atom is 0.0771 e. The highest BCUT2D eigenvalue weighted by atomic mass is 16.5. The second kappa shape index (κ2) is 46.7. The normalized spacial score (nSPS) is 20.9. The van der Waals surface area contributed by atoms with Crippen LogP contribution in [0.1, 0.15) is 227 Å². The van der Waals surface area contributed by atoms with Crippen LogP contribution in [0.4, 0.5) is 0 Å². The van der Waals surface area contributed by atoms with Crippen LogP contribution in [0.3, 0.4) is 0 Å². The molecular weight excluding hydrogens is 887 g/mol. The third-order valence-electron chi connectivity index (χ3n) is 14.6. The van der Waals surface area contributed by atoms with Crippen molar-refractivity contribution in [2.75, 3.05) is 131 Å². The molecule has 7 aliphatic heterocycles. The molecule has 7 aliphatic rings. The van der Waals surface area contributed by atoms with Gasteiger partial charge in [-0.3, -0.25) is 0 Å². The van der Waals surface area contributed by atoms with Gasteiger partial charge in [0.25, 0.3) is 0 Å². The van der Waals surface area contributed by atoms with E-state index in [1.807, 2.05) is 20.8 Å². The van der Waals surface area contributed by atoms with E-state index in [-0.39, 0.29) is 12.2 Å². The van der Waals surface area contributed by atoms with Gasteiger partial charge >= 0.3 is 0 Å². The predicted octanol–water partition coefficient (Wildman–Crippen LogP) is 13.6. The van der Waals surface area contributed by atoms with E-state index in [2.05, 4.69) is 131 Å². The van der Waals surface area contributed by atoms with Gasteiger partial charge in [0, 0.05) is 38.3 Å². The summed E-state index contributed by atoms with van der Waals surface area (Å²) in [6.45, 7) is 63.7. The molecule has 7 rings (SSSR count). The Balaban J connectivity index is 0.000000802. The van der Waals surface area contributed by atoms with Crippen LogP contribution in [-0.4, -0.2) is 195 Å². The van der Waals surface area contributed by atoms with Crippen molar-refractivity contribution in [2.45, 2.75) is 251 Å². The fourth-order valence-electron chi connectivity index (χ4n) is 10.0. The van der Waals surface area contributed by atoms with Crippen molar-refractivity contribution in [1.82, 2.24) is 34.3 Å². The van der Waals surface area contributed by atoms with Crippen LogP contribution in [0.25, 0.3) is 0 Å². The molecule has 0 radical (unpaired) electrons. The number of piperidine rings is 3. The van der Waals surface area contributed by atoms with Crippen molar-refractivity contribution < 1.29 is 9.84 Å². The van der Waals surface area contributed by atoms with E-state index in [0.29, 0.717) is 6.61 Å². The number of hydrogen-bond donors (Lipinski definition) is 1. The van der Waals surface area contributed by atoms with Gasteiger partial charge in [0.2, 0.25) is 0 Å². The minimum Gasteiger partial charge on any atom is -0.391 e. The largest absolute Gasteiger partial charge is 0.391 e. The number of rotatable bonds is 17. The van der Waals surface area contributed by atoms with E-state index in [1.165, 1.54) is 227 Å². The summed E-state index contributed by atoms with van der Waals surface area (Å²) in [4.78, 5) is 17.9. The summed E-state index contributed by atoms with van der Waals surface area (Å²) in [5.41, 5.74) is 0. The molecule has 434 valence electrons. The summed E-state index contributed by atoms with van der Waals surface area (Å²) in [7, 11) is 0. The van der Waals surface area contributed by atoms with Gasteiger partial charge in [-0.1, -0.05) is 95.4 Å². The molecule has 0 aromatic carbocycles. The van der Waals surface area contributed by atoms with Crippen molar-refractivity contribution >= 4 is 0 Å². The van der Waals surface area contributed by atoms with Gasteiger partial charge in [-0.2, -0.15) is 0 Å². The van der Waals surface area contributed by atoms with Crippen LogP contribution < -0.4 is 0 Å². The monoisotopic (exact) mass is 1020 g/mol. The highest BCUT2D eigenvalue weighted by Gasteiger charge is 2.17. The molecule has 9 heteroatoms. The van der Waals surface area contributed by atoms with E-state index >= 15 is 0 Å². The Hall–Kier alpha value is -0.360. The Morgan fingerprint density at radius 1 is 0.333 bits per heavy atom. The Labute approximate surface area is 454 Å². The smallest absolute Gasteiger partial charge is 0.0771 e. The average Bonchev–Trinajstić information content (AvgIpc) is 4.06. The Kier molecular flexibility index (Phi) is 46.5. The molecule has 0 amide bonds. The van der Waals surface area contributed by atoms with Crippen LogP contribution in [0, 0.1) is 29.6 Å². The fourth-order valence-corrected chi connectivity index (χ4v) is 10.0. The van der Waals surface area contributed by atoms with Crippen LogP contribution in [0.15, 0.2) is 0 Å². The molecule has 1 N–H and O–H groups in total. The first-order valence-electron chi connectivity index (χ1n) is 31.6. The van der Waals surface area contributed by atoms with Gasteiger partial charge in [-0.05, 0) is 259 Å². The Morgan fingerprint density at radius 3 is 0.819 bits per heavy atom. The number of aliphatic hydroxyl groups excluding tert-OH is 1. The maximum absolute atomic E-state index is 8.98. The minimum atomic E-state index is -0.285. The zero-order chi connectivity index (χ0) is 54.1. The molecule has 9 nitrogen and oxygen atoms in total. The van der Waals surface area contributed by atoms with Crippen molar-refractivity contribution in [2.24, 2.45) is 29.6 Å². The SMILES string of the molecule is CC(C)CCN1CCCCC1.CC(C)CN1CCC1.CC(C)CN1CCC1.CC(C)CN1CCCC1.CC(C)CN1CCCCC1.CC(C)N1CCCC1.CC(C)N1CCCCC1.CCC(O)COC(C)C. The lowest BCUT2D eigenvalue weighted by atomic mass is 10.1. The van der Waals surface area contributed by atoms with Gasteiger partial charge in [0.1, 0.15) is 0 Å². The molecule has 1 unspecified atom stereocenters. The van der Waals surface area contributed by atoms with E-state index in [9.17, 15) is 0 Å². The van der Waals surface area contributed by atoms with Crippen LogP contribution >= 0.6 is 0 Å². The lowest BCUT2D eigenvalue weighted by Crippen LogP contribution is -2.39. The van der Waals surface area contributed by atoms with Gasteiger partial charge in [0.15, 0.2) is 0 Å². The topological polar surface area (TPSA) is 52.1 Å². The van der Waals surface area contributed by atoms with E-state index in [4.69, 9.17) is 9.84 Å². The highest BCUT2D eigenvalue weighted by Crippen LogP contribution is 2.14. The number of likely N-dealkylation sites (tertiary alicyclic amines) is 7. The second-order valence-corrected chi connectivity index (χ2v) is 25.8. The number of nitrogens with zero attached hydrogens (tertiary/aromatic N) is 7. The Morgan fingerprint density at radius 2 is 0.597 bits per heavy atom. The molecule has 7 heterocycles. The molecule has 72 heavy (non-hydrogen) atoms. The first-order chi connectivity index (χ1) is 34.2. The van der Waals surface area contributed by atoms with Gasteiger partial charge in [0.05, 0.1) is 18.8 Å². The number of ether oxygens (including phenoxy) is 1. The summed E-state index contributed by atoms with van der Waals surface area (Å²) >= 11 is 0. The summed E-state index contributed by atoms with van der Waals surface area (Å²) in [6, 6.07) is 1.54. The molecule has 0 aromatic rings. The van der Waals surface area contributed by atoms with Crippen molar-refractivity contribution in [1.29, 1.82) is 0 Å². The molecule has 7 fully saturated rings. The van der Waals surface area contributed by atoms with Crippen molar-refractivity contribution in [3.8, 4) is 0 Å². The molecule has 0 bridgehead atoms. The summed E-state index contributed by atoms with van der Waals surface area (Å²) < 4.78 is 5.14. The first kappa shape index (κ1) is 71.6. The van der Waals surface area contributed by atoms with Crippen LogP contribution in [0.2, 0.25) is 0 Å². The number of aliphatic hydroxyl groups is 1. The zero-order valence-corrected chi connectivity index (χ0v) is 52.3. The molecule has 0 saturated carbocycles. The molecular formula is C63H135N7O2. The second-order valence-electron chi connectivity index (χ2n) is 25.8. The number of hydrogen-bond acceptors (Lipinski definition) is 9. The quantitative estimate of drug-likeness (QED) is 0.154. The van der Waals surface area contributed by atoms with Crippen molar-refractivity contribution in [3.05, 3.63) is 0 Å². The summed E-state index contributed by atoms with van der Waals surface area (Å²) in [5, 5.41) is 8.98. The van der Waals surface area contributed by atoms with Gasteiger partial charge in [-0.15, -0.1) is 0 Å². The molecule has 0 spiro atoms. The summed E-state index contributed by atoms with van der Waals surface area (Å²) in [6.07, 6.45) is 23.5. The maximum atomic E-state index is 8.98. The zero-order valence-electron chi connectivity index (χ0n) is 52.3. The lowest BCUT2D eigenvalue weighted by Gasteiger charge is -2.31. The lowest BCUT2D eigenvalue weighted by molar-refractivity contribution is 0.00464. The Bertz CT molecular complexity index is 1080. The molecule has 0 aromatic heterocycles. The fraction of sp³-hybridized carbons (Fsp3) is 1.00. The molecule has 0 aliphatic carbocycles. The van der Waals surface area contributed by atoms with E-state index in [0.717, 1.165) is 48.1 Å². The van der Waals surface area contributed by atoms with E-state index in [1.54, 1.807) is 0 Å². The van der Waals surface area contributed by atoms with Gasteiger partial charge < -0.3 is 44.1 Å². The first-order valence-corrected chi connectivity index (χ1v) is 31.6. The third-order valence-corrected chi connectivity index (χ3v) is 14.6. The standard InChI is InChI=1S/C10H21N.C9H19N.2C8H17N.3C7H15N.C7H16O2/c1-10(2)6-9-11-7-4-3-5-8-11;1-9(2)8-10-6-4-3-5-7-10;1-8(2)7-9-5-3-4-6-9;1-8(2)9-6-4-3-5-7-9;2*1-7(2)6-8-4-3-5-8;1-7(2)8-5-3-4-6-8;1-4-7(8)5-9-6(2)3/h10H,3-9H2,1-2H3;9H,3-8H2,1-2H3;2*8H,3-7H2,1-2H3;3*7H,3-6H2,1-2H3;6-8H,4-5H2,1-3H3. The minimum absolute atomic E-state index is 0.228. The highest BCUT2D eigenvalue weighted by molar-refractivity contribution is 4.72. The predicted molar refractivity (Wildman–Crippen MR) is 321 cm³/mol. The van der Waals surface area contributed by atoms with Crippen LogP contribution in [-0.2, 0) is 4.74 Å². The van der Waals surface area contributed by atoms with Gasteiger partial charge in [-0.25, -0.2) is 0 Å².